The number of rotatable bonds is 4. The highest BCUT2D eigenvalue weighted by Gasteiger charge is 2.27. The van der Waals surface area contributed by atoms with Crippen LogP contribution in [0.25, 0.3) is 116 Å². The van der Waals surface area contributed by atoms with Gasteiger partial charge in [-0.25, -0.2) is 0 Å². The second-order valence-electron chi connectivity index (χ2n) is 14.3. The number of furan rings is 2. The molecule has 0 radical (unpaired) electrons. The molecule has 256 valence electrons. The Kier molecular flexibility index (Phi) is 6.34. The van der Waals surface area contributed by atoms with E-state index >= 15 is 0 Å². The van der Waals surface area contributed by atoms with Crippen molar-refractivity contribution in [1.29, 1.82) is 0 Å². The van der Waals surface area contributed by atoms with E-state index in [0.29, 0.717) is 0 Å². The third-order valence-electron chi connectivity index (χ3n) is 11.4. The van der Waals surface area contributed by atoms with Crippen LogP contribution >= 0.6 is 0 Å². The largest absolute Gasteiger partial charge is 0.456 e. The van der Waals surface area contributed by atoms with Gasteiger partial charge in [0.2, 0.25) is 0 Å². The Bertz CT molecular complexity index is 3420. The van der Waals surface area contributed by atoms with Crippen molar-refractivity contribution in [3.8, 4) is 39.3 Å². The fourth-order valence-electron chi connectivity index (χ4n) is 9.18. The van der Waals surface area contributed by atoms with E-state index in [9.17, 15) is 0 Å². The molecule has 0 N–H and O–H groups in total. The van der Waals surface area contributed by atoms with Crippen LogP contribution in [0.4, 0.5) is 0 Å². The van der Waals surface area contributed by atoms with Gasteiger partial charge in [0.25, 0.3) is 0 Å². The van der Waals surface area contributed by atoms with Crippen LogP contribution in [0.2, 0.25) is 0 Å². The summed E-state index contributed by atoms with van der Waals surface area (Å²) in [5.74, 6) is 0.851. The first kappa shape index (κ1) is 30.1. The van der Waals surface area contributed by atoms with E-state index in [-0.39, 0.29) is 0 Å². The second kappa shape index (κ2) is 11.6. The Morgan fingerprint density at radius 1 is 0.327 bits per heavy atom. The van der Waals surface area contributed by atoms with Gasteiger partial charge < -0.3 is 13.4 Å². The molecule has 0 spiro atoms. The quantitative estimate of drug-likeness (QED) is 0.171. The molecule has 3 aromatic heterocycles. The van der Waals surface area contributed by atoms with Gasteiger partial charge in [-0.3, -0.25) is 0 Å². The lowest BCUT2D eigenvalue weighted by Gasteiger charge is -2.19. The van der Waals surface area contributed by atoms with Crippen molar-refractivity contribution < 1.29 is 8.83 Å². The molecule has 3 heterocycles. The molecular weight excluding hydrogens is 671 g/mol. The number of benzene rings is 9. The van der Waals surface area contributed by atoms with E-state index < -0.39 is 0 Å². The van der Waals surface area contributed by atoms with Crippen molar-refractivity contribution in [1.82, 2.24) is 4.57 Å². The Balaban J connectivity index is 1.24. The van der Waals surface area contributed by atoms with Crippen molar-refractivity contribution in [3.63, 3.8) is 0 Å². The summed E-state index contributed by atoms with van der Waals surface area (Å²) in [6.45, 7) is 0. The van der Waals surface area contributed by atoms with Crippen molar-refractivity contribution in [2.24, 2.45) is 0 Å². The van der Waals surface area contributed by atoms with Gasteiger partial charge in [-0.1, -0.05) is 146 Å². The van der Waals surface area contributed by atoms with E-state index in [2.05, 4.69) is 180 Å². The monoisotopic (exact) mass is 701 g/mol. The topological polar surface area (TPSA) is 31.2 Å². The predicted octanol–water partition coefficient (Wildman–Crippen LogP) is 14.7. The van der Waals surface area contributed by atoms with Crippen LogP contribution in [0, 0.1) is 0 Å². The molecule has 0 aliphatic carbocycles. The van der Waals surface area contributed by atoms with Crippen LogP contribution in [0.5, 0.6) is 0 Å². The summed E-state index contributed by atoms with van der Waals surface area (Å²) in [6, 6.07) is 67.1. The zero-order valence-corrected chi connectivity index (χ0v) is 29.7. The lowest BCUT2D eigenvalue weighted by atomic mass is 9.83. The van der Waals surface area contributed by atoms with Crippen LogP contribution in [-0.2, 0) is 0 Å². The molecule has 0 atom stereocenters. The Morgan fingerprint density at radius 2 is 0.909 bits per heavy atom. The van der Waals surface area contributed by atoms with Gasteiger partial charge in [0.15, 0.2) is 0 Å². The Morgan fingerprint density at radius 3 is 1.64 bits per heavy atom. The molecule has 0 aliphatic rings. The molecule has 3 nitrogen and oxygen atoms in total. The minimum absolute atomic E-state index is 0.821. The highest BCUT2D eigenvalue weighted by Crippen LogP contribution is 2.52. The Hall–Kier alpha value is -7.36. The van der Waals surface area contributed by atoms with E-state index in [4.69, 9.17) is 8.83 Å². The van der Waals surface area contributed by atoms with Gasteiger partial charge in [-0.2, -0.15) is 0 Å². The number of para-hydroxylation sites is 3. The molecule has 12 rings (SSSR count). The van der Waals surface area contributed by atoms with Gasteiger partial charge in [-0.05, 0) is 75.1 Å². The second-order valence-corrected chi connectivity index (χ2v) is 14.3. The average Bonchev–Trinajstić information content (AvgIpc) is 3.93. The maximum Gasteiger partial charge on any atom is 0.147 e. The third-order valence-corrected chi connectivity index (χ3v) is 11.4. The summed E-state index contributed by atoms with van der Waals surface area (Å²) in [5, 5.41) is 10.4. The summed E-state index contributed by atoms with van der Waals surface area (Å²) >= 11 is 0. The normalized spacial score (nSPS) is 12.0. The summed E-state index contributed by atoms with van der Waals surface area (Å²) in [7, 11) is 0. The number of aromatic nitrogens is 1. The van der Waals surface area contributed by atoms with Crippen molar-refractivity contribution in [2.45, 2.75) is 0 Å². The molecule has 0 bridgehead atoms. The van der Waals surface area contributed by atoms with Crippen molar-refractivity contribution in [3.05, 3.63) is 188 Å². The van der Waals surface area contributed by atoms with E-state index in [1.54, 1.807) is 0 Å². The lowest BCUT2D eigenvalue weighted by molar-refractivity contribution is 0.634. The van der Waals surface area contributed by atoms with Gasteiger partial charge in [0.05, 0.1) is 16.4 Å². The minimum atomic E-state index is 0.821. The molecule has 0 saturated carbocycles. The maximum atomic E-state index is 7.12. The lowest BCUT2D eigenvalue weighted by Crippen LogP contribution is -1.94. The maximum absolute atomic E-state index is 7.12. The standard InChI is InChI=1S/C52H31NO2/c1-3-16-32(17-4-1)51-50(41-30-31-45-49(52(41)55-51)39-25-12-14-29-44(39)54-45)48-36-22-9-7-20-34(36)46(35-21-8-10-23-37(35)48)40-26-15-28-43-47(40)38-24-11-13-27-42(38)53(43)33-18-5-2-6-19-33/h1-31H. The zero-order valence-electron chi connectivity index (χ0n) is 29.7. The summed E-state index contributed by atoms with van der Waals surface area (Å²) in [4.78, 5) is 0. The molecule has 0 saturated heterocycles. The molecule has 3 heteroatoms. The summed E-state index contributed by atoms with van der Waals surface area (Å²) < 4.78 is 15.9. The van der Waals surface area contributed by atoms with Gasteiger partial charge in [0.1, 0.15) is 22.5 Å². The molecule has 9 aromatic carbocycles. The minimum Gasteiger partial charge on any atom is -0.456 e. The molecule has 0 aliphatic heterocycles. The van der Waals surface area contributed by atoms with E-state index in [0.717, 1.165) is 55.5 Å². The third kappa shape index (κ3) is 4.26. The average molecular weight is 702 g/mol. The SMILES string of the molecule is c1ccc(-c2oc3c(ccc4oc5ccccc5c43)c2-c2c3ccccc3c(-c3cccc4c3c3ccccc3n4-c3ccccc3)c3ccccc23)cc1. The molecule has 0 unspecified atom stereocenters. The number of nitrogens with zero attached hydrogens (tertiary/aromatic N) is 1. The molecule has 0 fully saturated rings. The Labute approximate surface area is 315 Å². The molecule has 0 amide bonds. The van der Waals surface area contributed by atoms with Gasteiger partial charge in [-0.15, -0.1) is 0 Å². The first-order valence-electron chi connectivity index (χ1n) is 18.8. The number of fused-ring (bicyclic) bond motifs is 10. The molecule has 55 heavy (non-hydrogen) atoms. The smallest absolute Gasteiger partial charge is 0.147 e. The van der Waals surface area contributed by atoms with Crippen LogP contribution in [0.3, 0.4) is 0 Å². The van der Waals surface area contributed by atoms with E-state index in [1.165, 1.54) is 60.0 Å². The molecular formula is C52H31NO2. The van der Waals surface area contributed by atoms with Gasteiger partial charge in [0, 0.05) is 43.9 Å². The van der Waals surface area contributed by atoms with Crippen LogP contribution < -0.4 is 0 Å². The van der Waals surface area contributed by atoms with Crippen LogP contribution in [-0.4, -0.2) is 4.57 Å². The highest BCUT2D eigenvalue weighted by atomic mass is 16.3. The van der Waals surface area contributed by atoms with Crippen molar-refractivity contribution in [2.75, 3.05) is 0 Å². The first-order chi connectivity index (χ1) is 27.3. The predicted molar refractivity (Wildman–Crippen MR) is 229 cm³/mol. The molecule has 12 aromatic rings. The summed E-state index contributed by atoms with van der Waals surface area (Å²) in [6.07, 6.45) is 0. The number of hydrogen-bond donors (Lipinski definition) is 0. The summed E-state index contributed by atoms with van der Waals surface area (Å²) in [5.41, 5.74) is 11.8. The first-order valence-corrected chi connectivity index (χ1v) is 18.8. The zero-order chi connectivity index (χ0) is 36.0. The van der Waals surface area contributed by atoms with Crippen LogP contribution in [0.15, 0.2) is 197 Å². The number of hydrogen-bond acceptors (Lipinski definition) is 2. The van der Waals surface area contributed by atoms with Gasteiger partial charge >= 0.3 is 0 Å². The van der Waals surface area contributed by atoms with Crippen LogP contribution in [0.1, 0.15) is 0 Å². The fourth-order valence-corrected chi connectivity index (χ4v) is 9.18. The highest BCUT2D eigenvalue weighted by molar-refractivity contribution is 6.30. The van der Waals surface area contributed by atoms with E-state index in [1.807, 2.05) is 12.1 Å². The van der Waals surface area contributed by atoms with Crippen molar-refractivity contribution >= 4 is 76.3 Å². The fraction of sp³-hybridized carbons (Fsp3) is 0.